The Labute approximate surface area is 350 Å². The number of imide groups is 1. The molecule has 2 aromatic heterocycles. The van der Waals surface area contributed by atoms with E-state index in [-0.39, 0.29) is 47.5 Å². The van der Waals surface area contributed by atoms with Gasteiger partial charge in [0.2, 0.25) is 11.8 Å². The number of phenolic OH excluding ortho intramolecular Hbond substituents is 1. The van der Waals surface area contributed by atoms with Gasteiger partial charge in [-0.15, -0.1) is 0 Å². The SMILES string of the molecule is CCOC1CC1c1cc2c(-c3cc(O)c(CN4CCN(CCC5CCN(c6ccc7c(c6)C(=O)N(C6CCC(=O)NC6=O)C7)CC5)CC4)c(OC)c3)cn(C)c(=O)c2cn1. The molecular formula is C46H55N7O7. The van der Waals surface area contributed by atoms with Crippen LogP contribution in [0.2, 0.25) is 0 Å². The lowest BCUT2D eigenvalue weighted by atomic mass is 9.92. The van der Waals surface area contributed by atoms with Crippen LogP contribution in [0.15, 0.2) is 53.6 Å². The van der Waals surface area contributed by atoms with Crippen molar-refractivity contribution in [3.63, 3.8) is 0 Å². The van der Waals surface area contributed by atoms with Crippen LogP contribution in [0, 0.1) is 5.92 Å². The zero-order valence-electron chi connectivity index (χ0n) is 34.8. The monoisotopic (exact) mass is 817 g/mol. The van der Waals surface area contributed by atoms with E-state index in [1.54, 1.807) is 35.9 Å². The van der Waals surface area contributed by atoms with Gasteiger partial charge in [0.1, 0.15) is 17.5 Å². The molecule has 6 heterocycles. The molecule has 4 fully saturated rings. The quantitative estimate of drug-likeness (QED) is 0.196. The minimum absolute atomic E-state index is 0.114. The lowest BCUT2D eigenvalue weighted by Gasteiger charge is -2.37. The van der Waals surface area contributed by atoms with Gasteiger partial charge in [-0.3, -0.25) is 34.4 Å². The molecule has 0 bridgehead atoms. The minimum atomic E-state index is -0.601. The number of amides is 3. The Bertz CT molecular complexity index is 2380. The Balaban J connectivity index is 0.774. The number of piperidine rings is 2. The first-order valence-electron chi connectivity index (χ1n) is 21.6. The molecular weight excluding hydrogens is 763 g/mol. The van der Waals surface area contributed by atoms with Crippen LogP contribution in [0.4, 0.5) is 5.69 Å². The highest BCUT2D eigenvalue weighted by Crippen LogP contribution is 2.44. The number of aryl methyl sites for hydroxylation is 1. The lowest BCUT2D eigenvalue weighted by molar-refractivity contribution is -0.136. The van der Waals surface area contributed by atoms with E-state index in [1.165, 1.54) is 0 Å². The van der Waals surface area contributed by atoms with E-state index in [1.807, 2.05) is 37.4 Å². The molecule has 9 rings (SSSR count). The third kappa shape index (κ3) is 7.88. The first-order valence-corrected chi connectivity index (χ1v) is 21.6. The fourth-order valence-corrected chi connectivity index (χ4v) is 9.80. The predicted octanol–water partition coefficient (Wildman–Crippen LogP) is 4.39. The van der Waals surface area contributed by atoms with E-state index in [4.69, 9.17) is 9.47 Å². The number of rotatable bonds is 12. The van der Waals surface area contributed by atoms with Crippen LogP contribution in [0.1, 0.15) is 78.5 Å². The molecule has 3 atom stereocenters. The number of hydrogen-bond acceptors (Lipinski definition) is 11. The number of nitrogens with one attached hydrogen (secondary N) is 1. The fourth-order valence-electron chi connectivity index (χ4n) is 9.80. The van der Waals surface area contributed by atoms with Crippen molar-refractivity contribution in [2.24, 2.45) is 13.0 Å². The summed E-state index contributed by atoms with van der Waals surface area (Å²) in [5.74, 6) is 0.866. The third-order valence-electron chi connectivity index (χ3n) is 13.5. The van der Waals surface area contributed by atoms with Crippen molar-refractivity contribution in [3.8, 4) is 22.6 Å². The maximum Gasteiger partial charge on any atom is 0.259 e. The number of anilines is 1. The number of pyridine rings is 2. The second kappa shape index (κ2) is 16.6. The number of carbonyl (C=O) groups is 3. The van der Waals surface area contributed by atoms with Gasteiger partial charge in [0.25, 0.3) is 11.5 Å². The molecule has 1 saturated carbocycles. The van der Waals surface area contributed by atoms with Gasteiger partial charge < -0.3 is 33.8 Å². The maximum atomic E-state index is 13.4. The highest BCUT2D eigenvalue weighted by molar-refractivity contribution is 6.05. The number of nitrogens with zero attached hydrogens (tertiary/aromatic N) is 6. The molecule has 14 nitrogen and oxygen atoms in total. The largest absolute Gasteiger partial charge is 0.507 e. The number of carbonyl (C=O) groups excluding carboxylic acids is 3. The summed E-state index contributed by atoms with van der Waals surface area (Å²) in [5.41, 5.74) is 5.82. The molecule has 14 heteroatoms. The van der Waals surface area contributed by atoms with Gasteiger partial charge in [0.05, 0.1) is 18.6 Å². The fraction of sp³-hybridized carbons (Fsp3) is 0.500. The Hall–Kier alpha value is -5.31. The number of ether oxygens (including phenoxy) is 2. The molecule has 316 valence electrons. The summed E-state index contributed by atoms with van der Waals surface area (Å²) in [6.45, 7) is 10.3. The van der Waals surface area contributed by atoms with Crippen molar-refractivity contribution in [2.75, 3.05) is 64.4 Å². The zero-order valence-corrected chi connectivity index (χ0v) is 34.8. The molecule has 1 aliphatic carbocycles. The van der Waals surface area contributed by atoms with E-state index in [0.717, 1.165) is 111 Å². The second-order valence-electron chi connectivity index (χ2n) is 17.2. The van der Waals surface area contributed by atoms with Crippen molar-refractivity contribution >= 4 is 34.2 Å². The van der Waals surface area contributed by atoms with Gasteiger partial charge in [-0.2, -0.15) is 0 Å². The molecule has 4 aliphatic heterocycles. The van der Waals surface area contributed by atoms with Crippen LogP contribution in [0.25, 0.3) is 21.9 Å². The summed E-state index contributed by atoms with van der Waals surface area (Å²) in [6.07, 6.45) is 8.56. The summed E-state index contributed by atoms with van der Waals surface area (Å²) < 4.78 is 13.3. The van der Waals surface area contributed by atoms with Crippen LogP contribution >= 0.6 is 0 Å². The number of methoxy groups -OCH3 is 1. The molecule has 2 aromatic carbocycles. The summed E-state index contributed by atoms with van der Waals surface area (Å²) in [7, 11) is 3.38. The Morgan fingerprint density at radius 2 is 1.70 bits per heavy atom. The van der Waals surface area contributed by atoms with Crippen LogP contribution in [0.3, 0.4) is 0 Å². The first kappa shape index (κ1) is 40.1. The molecule has 0 spiro atoms. The second-order valence-corrected chi connectivity index (χ2v) is 17.2. The van der Waals surface area contributed by atoms with Gasteiger partial charge in [-0.1, -0.05) is 6.07 Å². The molecule has 4 aromatic rings. The summed E-state index contributed by atoms with van der Waals surface area (Å²) in [4.78, 5) is 64.2. The number of piperazine rings is 1. The molecule has 3 saturated heterocycles. The number of aromatic hydroxyl groups is 1. The van der Waals surface area contributed by atoms with Gasteiger partial charge in [-0.05, 0) is 98.3 Å². The van der Waals surface area contributed by atoms with Crippen molar-refractivity contribution in [1.29, 1.82) is 0 Å². The molecule has 3 amide bonds. The predicted molar refractivity (Wildman–Crippen MR) is 227 cm³/mol. The average molecular weight is 818 g/mol. The zero-order chi connectivity index (χ0) is 41.7. The van der Waals surface area contributed by atoms with Crippen LogP contribution in [-0.4, -0.2) is 119 Å². The number of benzene rings is 2. The highest BCUT2D eigenvalue weighted by Gasteiger charge is 2.41. The Morgan fingerprint density at radius 1 is 0.917 bits per heavy atom. The summed E-state index contributed by atoms with van der Waals surface area (Å²) in [5, 5.41) is 15.2. The van der Waals surface area contributed by atoms with Crippen molar-refractivity contribution in [3.05, 3.63) is 81.5 Å². The van der Waals surface area contributed by atoms with Gasteiger partial charge in [0.15, 0.2) is 0 Å². The normalized spacial score (nSPS) is 22.7. The van der Waals surface area contributed by atoms with E-state index in [0.29, 0.717) is 48.7 Å². The van der Waals surface area contributed by atoms with E-state index in [9.17, 15) is 24.3 Å². The molecule has 5 aliphatic rings. The molecule has 0 radical (unpaired) electrons. The number of fused-ring (bicyclic) bond motifs is 2. The number of phenols is 1. The van der Waals surface area contributed by atoms with Crippen LogP contribution in [0.5, 0.6) is 11.5 Å². The van der Waals surface area contributed by atoms with E-state index in [2.05, 4.69) is 31.1 Å². The maximum absolute atomic E-state index is 13.4. The topological polar surface area (TPSA) is 150 Å². The first-order chi connectivity index (χ1) is 29.1. The van der Waals surface area contributed by atoms with Crippen molar-refractivity contribution < 1.29 is 29.0 Å². The molecule has 3 unspecified atom stereocenters. The van der Waals surface area contributed by atoms with Gasteiger partial charge in [-0.25, -0.2) is 0 Å². The van der Waals surface area contributed by atoms with E-state index < -0.39 is 6.04 Å². The molecule has 2 N–H and O–H groups in total. The van der Waals surface area contributed by atoms with Crippen molar-refractivity contribution in [2.45, 2.75) is 76.6 Å². The summed E-state index contributed by atoms with van der Waals surface area (Å²) >= 11 is 0. The Morgan fingerprint density at radius 3 is 2.45 bits per heavy atom. The smallest absolute Gasteiger partial charge is 0.259 e. The standard InChI is InChI=1S/C46H55N7O7/c1-4-60-42-23-34(42)38-22-33-35(24-47-38)45(57)49(2)26-36(33)30-19-40(54)37(41(20-30)59-3)27-51-17-15-50(16-18-51)12-9-28-10-13-52(14-11-28)31-6-5-29-25-53(46(58)32(29)21-31)39-7-8-43(55)48-44(39)56/h5-6,19-22,24,26,28,34,39,42,54H,4,7-18,23,25,27H2,1-3H3,(H,48,55,56). The highest BCUT2D eigenvalue weighted by atomic mass is 16.5. The molecule has 60 heavy (non-hydrogen) atoms. The average Bonchev–Trinajstić information content (AvgIpc) is 3.96. The number of hydrogen-bond donors (Lipinski definition) is 2. The van der Waals surface area contributed by atoms with Crippen LogP contribution in [-0.2, 0) is 34.5 Å². The lowest BCUT2D eigenvalue weighted by Crippen LogP contribution is -2.52. The Kier molecular flexibility index (Phi) is 11.1. The van der Waals surface area contributed by atoms with E-state index >= 15 is 0 Å². The number of aromatic nitrogens is 2. The van der Waals surface area contributed by atoms with Crippen LogP contribution < -0.4 is 20.5 Å². The van der Waals surface area contributed by atoms with Gasteiger partial charge in [0, 0.05) is 119 Å². The van der Waals surface area contributed by atoms with Crippen molar-refractivity contribution in [1.82, 2.24) is 29.6 Å². The van der Waals surface area contributed by atoms with Gasteiger partial charge >= 0.3 is 0 Å². The third-order valence-corrected chi connectivity index (χ3v) is 13.5. The minimum Gasteiger partial charge on any atom is -0.507 e. The summed E-state index contributed by atoms with van der Waals surface area (Å²) in [6, 6.07) is 11.3.